The number of anilines is 1. The molecule has 6 nitrogen and oxygen atoms in total. The molecule has 1 aliphatic heterocycles. The maximum atomic E-state index is 12.1. The highest BCUT2D eigenvalue weighted by molar-refractivity contribution is 6.30. The molecule has 0 radical (unpaired) electrons. The Hall–Kier alpha value is -2.21. The number of carbonyl (C=O) groups excluding carboxylic acids is 1. The highest BCUT2D eigenvalue weighted by atomic mass is 35.5. The Morgan fingerprint density at radius 1 is 1.42 bits per heavy atom. The molecular weight excluding hydrogens is 328 g/mol. The van der Waals surface area contributed by atoms with Crippen LogP contribution in [0.1, 0.15) is 17.7 Å². The monoisotopic (exact) mass is 348 g/mol. The SMILES string of the molecule is Cc1[nH][nH]c(=O)c1CC(=O)NC[C@H]1CCN(c2cccc(Cl)c2)C1. The van der Waals surface area contributed by atoms with Crippen molar-refractivity contribution in [3.63, 3.8) is 0 Å². The van der Waals surface area contributed by atoms with Gasteiger partial charge in [-0.15, -0.1) is 0 Å². The summed E-state index contributed by atoms with van der Waals surface area (Å²) in [5.74, 6) is 0.281. The van der Waals surface area contributed by atoms with E-state index in [1.54, 1.807) is 6.92 Å². The van der Waals surface area contributed by atoms with Crippen LogP contribution >= 0.6 is 11.6 Å². The molecule has 0 saturated carbocycles. The van der Waals surface area contributed by atoms with E-state index in [1.165, 1.54) is 0 Å². The molecule has 2 heterocycles. The average Bonchev–Trinajstić information content (AvgIpc) is 3.15. The molecule has 0 bridgehead atoms. The fourth-order valence-corrected chi connectivity index (χ4v) is 3.26. The largest absolute Gasteiger partial charge is 0.371 e. The van der Waals surface area contributed by atoms with Crippen LogP contribution in [-0.4, -0.2) is 35.7 Å². The van der Waals surface area contributed by atoms with Crippen molar-refractivity contribution in [3.05, 3.63) is 50.9 Å². The highest BCUT2D eigenvalue weighted by Gasteiger charge is 2.23. The number of hydrogen-bond donors (Lipinski definition) is 3. The second-order valence-corrected chi connectivity index (χ2v) is 6.68. The lowest BCUT2D eigenvalue weighted by atomic mass is 10.1. The lowest BCUT2D eigenvalue weighted by Crippen LogP contribution is -2.33. The van der Waals surface area contributed by atoms with E-state index >= 15 is 0 Å². The number of hydrogen-bond acceptors (Lipinski definition) is 3. The van der Waals surface area contributed by atoms with Gasteiger partial charge in [-0.05, 0) is 37.5 Å². The van der Waals surface area contributed by atoms with Crippen LogP contribution in [0.25, 0.3) is 0 Å². The second kappa shape index (κ2) is 7.13. The Balaban J connectivity index is 1.49. The smallest absolute Gasteiger partial charge is 0.267 e. The van der Waals surface area contributed by atoms with Crippen LogP contribution in [0, 0.1) is 12.8 Å². The van der Waals surface area contributed by atoms with Gasteiger partial charge in [0.1, 0.15) is 0 Å². The third kappa shape index (κ3) is 3.82. The third-order valence-corrected chi connectivity index (χ3v) is 4.71. The summed E-state index contributed by atoms with van der Waals surface area (Å²) < 4.78 is 0. The number of rotatable bonds is 5. The van der Waals surface area contributed by atoms with E-state index in [9.17, 15) is 9.59 Å². The number of nitrogens with one attached hydrogen (secondary N) is 3. The van der Waals surface area contributed by atoms with Gasteiger partial charge in [0.25, 0.3) is 5.56 Å². The van der Waals surface area contributed by atoms with Crippen molar-refractivity contribution in [3.8, 4) is 0 Å². The van der Waals surface area contributed by atoms with Gasteiger partial charge in [-0.3, -0.25) is 14.7 Å². The average molecular weight is 349 g/mol. The number of benzene rings is 1. The number of aromatic nitrogens is 2. The molecule has 24 heavy (non-hydrogen) atoms. The number of H-pyrrole nitrogens is 2. The molecule has 0 aliphatic carbocycles. The lowest BCUT2D eigenvalue weighted by molar-refractivity contribution is -0.120. The van der Waals surface area contributed by atoms with Gasteiger partial charge in [-0.2, -0.15) is 0 Å². The minimum absolute atomic E-state index is 0.107. The summed E-state index contributed by atoms with van der Waals surface area (Å²) in [4.78, 5) is 25.9. The Morgan fingerprint density at radius 3 is 2.96 bits per heavy atom. The molecule has 128 valence electrons. The first-order chi connectivity index (χ1) is 11.5. The summed E-state index contributed by atoms with van der Waals surface area (Å²) in [5, 5.41) is 8.90. The first-order valence-electron chi connectivity index (χ1n) is 8.06. The molecule has 1 aliphatic rings. The predicted molar refractivity (Wildman–Crippen MR) is 94.6 cm³/mol. The van der Waals surface area contributed by atoms with E-state index in [1.807, 2.05) is 24.3 Å². The summed E-state index contributed by atoms with van der Waals surface area (Å²) in [6, 6.07) is 7.82. The first kappa shape index (κ1) is 16.6. The zero-order valence-electron chi connectivity index (χ0n) is 13.6. The van der Waals surface area contributed by atoms with Crippen molar-refractivity contribution in [1.29, 1.82) is 0 Å². The number of aromatic amines is 2. The quantitative estimate of drug-likeness (QED) is 0.771. The molecule has 1 aromatic heterocycles. The summed E-state index contributed by atoms with van der Waals surface area (Å²) in [7, 11) is 0. The van der Waals surface area contributed by atoms with Crippen LogP contribution in [0.4, 0.5) is 5.69 Å². The Labute approximate surface area is 145 Å². The zero-order valence-corrected chi connectivity index (χ0v) is 14.3. The van der Waals surface area contributed by atoms with Crippen LogP contribution in [0.3, 0.4) is 0 Å². The molecule has 1 amide bonds. The first-order valence-corrected chi connectivity index (χ1v) is 8.44. The number of aryl methyl sites for hydroxylation is 1. The van der Waals surface area contributed by atoms with E-state index in [2.05, 4.69) is 20.4 Å². The number of nitrogens with zero attached hydrogens (tertiary/aromatic N) is 1. The third-order valence-electron chi connectivity index (χ3n) is 4.47. The van der Waals surface area contributed by atoms with Crippen molar-refractivity contribution in [2.75, 3.05) is 24.5 Å². The maximum absolute atomic E-state index is 12.1. The van der Waals surface area contributed by atoms with Crippen LogP contribution in [0.2, 0.25) is 5.02 Å². The minimum atomic E-state index is -0.226. The fraction of sp³-hybridized carbons (Fsp3) is 0.412. The highest BCUT2D eigenvalue weighted by Crippen LogP contribution is 2.25. The molecule has 2 aromatic rings. The molecular formula is C17H21ClN4O2. The molecule has 1 saturated heterocycles. The lowest BCUT2D eigenvalue weighted by Gasteiger charge is -2.19. The molecule has 1 atom stereocenters. The van der Waals surface area contributed by atoms with Crippen LogP contribution < -0.4 is 15.8 Å². The molecule has 1 aromatic carbocycles. The van der Waals surface area contributed by atoms with Crippen molar-refractivity contribution >= 4 is 23.2 Å². The van der Waals surface area contributed by atoms with Gasteiger partial charge < -0.3 is 15.3 Å². The molecule has 3 rings (SSSR count). The van der Waals surface area contributed by atoms with E-state index in [-0.39, 0.29) is 17.9 Å². The normalized spacial score (nSPS) is 17.2. The van der Waals surface area contributed by atoms with Crippen LogP contribution in [-0.2, 0) is 11.2 Å². The topological polar surface area (TPSA) is 81.0 Å². The van der Waals surface area contributed by atoms with Gasteiger partial charge in [0.15, 0.2) is 0 Å². The van der Waals surface area contributed by atoms with Crippen molar-refractivity contribution in [2.24, 2.45) is 5.92 Å². The van der Waals surface area contributed by atoms with Crippen molar-refractivity contribution < 1.29 is 4.79 Å². The van der Waals surface area contributed by atoms with Crippen LogP contribution in [0.5, 0.6) is 0 Å². The summed E-state index contributed by atoms with van der Waals surface area (Å²) in [6.07, 6.45) is 1.13. The summed E-state index contributed by atoms with van der Waals surface area (Å²) >= 11 is 6.04. The predicted octanol–water partition coefficient (Wildman–Crippen LogP) is 1.85. The maximum Gasteiger partial charge on any atom is 0.267 e. The van der Waals surface area contributed by atoms with E-state index in [4.69, 9.17) is 11.6 Å². The van der Waals surface area contributed by atoms with Crippen molar-refractivity contribution in [2.45, 2.75) is 19.8 Å². The summed E-state index contributed by atoms with van der Waals surface area (Å²) in [6.45, 7) is 4.25. The molecule has 3 N–H and O–H groups in total. The minimum Gasteiger partial charge on any atom is -0.371 e. The van der Waals surface area contributed by atoms with Gasteiger partial charge in [0, 0.05) is 41.6 Å². The van der Waals surface area contributed by atoms with Gasteiger partial charge >= 0.3 is 0 Å². The van der Waals surface area contributed by atoms with Gasteiger partial charge in [-0.25, -0.2) is 0 Å². The van der Waals surface area contributed by atoms with Gasteiger partial charge in [0.2, 0.25) is 5.91 Å². The number of amides is 1. The second-order valence-electron chi connectivity index (χ2n) is 6.24. The number of halogens is 1. The standard InChI is InChI=1S/C17H21ClN4O2/c1-11-15(17(24)21-20-11)8-16(23)19-9-12-5-6-22(10-12)14-4-2-3-13(18)7-14/h2-4,7,12H,5-6,8-10H2,1H3,(H,19,23)(H2,20,21,24)/t12-/m1/s1. The van der Waals surface area contributed by atoms with E-state index < -0.39 is 0 Å². The van der Waals surface area contributed by atoms with E-state index in [0.717, 1.165) is 30.2 Å². The van der Waals surface area contributed by atoms with E-state index in [0.29, 0.717) is 23.7 Å². The number of carbonyl (C=O) groups is 1. The van der Waals surface area contributed by atoms with Crippen LogP contribution in [0.15, 0.2) is 29.1 Å². The zero-order chi connectivity index (χ0) is 17.1. The molecule has 0 unspecified atom stereocenters. The molecule has 1 fully saturated rings. The van der Waals surface area contributed by atoms with Gasteiger partial charge in [-0.1, -0.05) is 17.7 Å². The fourth-order valence-electron chi connectivity index (χ4n) is 3.07. The van der Waals surface area contributed by atoms with Gasteiger partial charge in [0.05, 0.1) is 6.42 Å². The Kier molecular flexibility index (Phi) is 4.94. The Bertz CT molecular complexity index is 783. The molecule has 0 spiro atoms. The summed E-state index contributed by atoms with van der Waals surface area (Å²) in [5.41, 5.74) is 2.10. The Morgan fingerprint density at radius 2 is 2.25 bits per heavy atom. The van der Waals surface area contributed by atoms with Crippen molar-refractivity contribution in [1.82, 2.24) is 15.5 Å². The molecule has 7 heteroatoms.